The highest BCUT2D eigenvalue weighted by atomic mass is 19.1. The Kier molecular flexibility index (Phi) is 2.07. The van der Waals surface area contributed by atoms with Crippen molar-refractivity contribution >= 4 is 0 Å². The number of halogens is 2. The monoisotopic (exact) mass is 197 g/mol. The molecule has 1 aliphatic carbocycles. The highest BCUT2D eigenvalue weighted by Gasteiger charge is 2.41. The van der Waals surface area contributed by atoms with Gasteiger partial charge in [0, 0.05) is 11.1 Å². The van der Waals surface area contributed by atoms with Crippen LogP contribution in [0.3, 0.4) is 0 Å². The molecule has 2 rings (SSSR count). The minimum absolute atomic E-state index is 0.291. The van der Waals surface area contributed by atoms with Crippen LogP contribution in [-0.2, 0) is 5.54 Å². The van der Waals surface area contributed by atoms with Crippen LogP contribution in [0.5, 0.6) is 0 Å². The van der Waals surface area contributed by atoms with Gasteiger partial charge in [0.2, 0.25) is 0 Å². The van der Waals surface area contributed by atoms with Crippen LogP contribution in [0, 0.1) is 17.6 Å². The third kappa shape index (κ3) is 1.52. The molecule has 1 aliphatic rings. The summed E-state index contributed by atoms with van der Waals surface area (Å²) in [6.07, 6.45) is 2.01. The zero-order valence-electron chi connectivity index (χ0n) is 8.06. The average molecular weight is 197 g/mol. The molecular weight excluding hydrogens is 184 g/mol. The quantitative estimate of drug-likeness (QED) is 0.774. The van der Waals surface area contributed by atoms with Crippen molar-refractivity contribution in [1.29, 1.82) is 0 Å². The lowest BCUT2D eigenvalue weighted by molar-refractivity contribution is 0.401. The first-order valence-electron chi connectivity index (χ1n) is 4.76. The van der Waals surface area contributed by atoms with E-state index in [1.807, 2.05) is 0 Å². The van der Waals surface area contributed by atoms with E-state index in [-0.39, 0.29) is 0 Å². The van der Waals surface area contributed by atoms with E-state index < -0.39 is 17.2 Å². The Morgan fingerprint density at radius 1 is 1.36 bits per heavy atom. The van der Waals surface area contributed by atoms with Crippen LogP contribution in [0.4, 0.5) is 8.78 Å². The fourth-order valence-electron chi connectivity index (χ4n) is 1.81. The molecule has 0 radical (unpaired) electrons. The third-order valence-electron chi connectivity index (χ3n) is 2.93. The molecule has 0 amide bonds. The number of hydrogen-bond acceptors (Lipinski definition) is 1. The maximum atomic E-state index is 13.4. The fraction of sp³-hybridized carbons (Fsp3) is 0.455. The zero-order chi connectivity index (χ0) is 10.3. The second-order valence-corrected chi connectivity index (χ2v) is 4.18. The van der Waals surface area contributed by atoms with Gasteiger partial charge in [-0.05, 0) is 43.9 Å². The smallest absolute Gasteiger partial charge is 0.128 e. The minimum Gasteiger partial charge on any atom is -0.321 e. The largest absolute Gasteiger partial charge is 0.321 e. The van der Waals surface area contributed by atoms with E-state index in [2.05, 4.69) is 0 Å². The molecular formula is C11H13F2N. The Bertz CT molecular complexity index is 356. The minimum atomic E-state index is -0.730. The third-order valence-corrected chi connectivity index (χ3v) is 2.93. The summed E-state index contributed by atoms with van der Waals surface area (Å²) in [4.78, 5) is 0. The van der Waals surface area contributed by atoms with Crippen LogP contribution in [0.1, 0.15) is 25.3 Å². The van der Waals surface area contributed by atoms with Gasteiger partial charge >= 0.3 is 0 Å². The van der Waals surface area contributed by atoms with Crippen molar-refractivity contribution in [1.82, 2.24) is 0 Å². The summed E-state index contributed by atoms with van der Waals surface area (Å²) in [6, 6.07) is 3.45. The molecule has 1 nitrogen and oxygen atoms in total. The van der Waals surface area contributed by atoms with E-state index >= 15 is 0 Å². The van der Waals surface area contributed by atoms with Gasteiger partial charge in [-0.25, -0.2) is 8.78 Å². The van der Waals surface area contributed by atoms with Crippen molar-refractivity contribution in [3.63, 3.8) is 0 Å². The standard InChI is InChI=1S/C11H13F2N/c1-11(14,7-2-3-7)9-6-8(12)4-5-10(9)13/h4-7H,2-3,14H2,1H3. The van der Waals surface area contributed by atoms with Crippen molar-refractivity contribution in [2.24, 2.45) is 11.7 Å². The maximum Gasteiger partial charge on any atom is 0.128 e. The van der Waals surface area contributed by atoms with Gasteiger partial charge < -0.3 is 5.73 Å². The van der Waals surface area contributed by atoms with Crippen molar-refractivity contribution in [3.8, 4) is 0 Å². The zero-order valence-corrected chi connectivity index (χ0v) is 8.06. The SMILES string of the molecule is CC(N)(c1cc(F)ccc1F)C1CC1. The van der Waals surface area contributed by atoms with E-state index in [1.165, 1.54) is 6.07 Å². The normalized spacial score (nSPS) is 20.6. The average Bonchev–Trinajstić information content (AvgIpc) is 2.91. The van der Waals surface area contributed by atoms with E-state index in [9.17, 15) is 8.78 Å². The second kappa shape index (κ2) is 3.02. The first-order valence-corrected chi connectivity index (χ1v) is 4.76. The summed E-state index contributed by atoms with van der Waals surface area (Å²) in [5.41, 5.74) is 5.57. The summed E-state index contributed by atoms with van der Waals surface area (Å²) in [6.45, 7) is 1.77. The van der Waals surface area contributed by atoms with E-state index in [4.69, 9.17) is 5.73 Å². The van der Waals surface area contributed by atoms with Gasteiger partial charge in [0.15, 0.2) is 0 Å². The molecule has 0 spiro atoms. The van der Waals surface area contributed by atoms with Gasteiger partial charge in [0.1, 0.15) is 11.6 Å². The second-order valence-electron chi connectivity index (χ2n) is 4.18. The van der Waals surface area contributed by atoms with Crippen molar-refractivity contribution in [2.45, 2.75) is 25.3 Å². The molecule has 14 heavy (non-hydrogen) atoms. The Labute approximate surface area is 81.9 Å². The molecule has 0 heterocycles. The summed E-state index contributed by atoms with van der Waals surface area (Å²) >= 11 is 0. The Morgan fingerprint density at radius 3 is 2.57 bits per heavy atom. The van der Waals surface area contributed by atoms with Gasteiger partial charge in [0.25, 0.3) is 0 Å². The summed E-state index contributed by atoms with van der Waals surface area (Å²) < 4.78 is 26.3. The van der Waals surface area contributed by atoms with Gasteiger partial charge in [-0.1, -0.05) is 0 Å². The molecule has 1 aromatic carbocycles. The first kappa shape index (κ1) is 9.59. The lowest BCUT2D eigenvalue weighted by Crippen LogP contribution is -2.36. The van der Waals surface area contributed by atoms with Gasteiger partial charge in [-0.3, -0.25) is 0 Å². The topological polar surface area (TPSA) is 26.0 Å². The van der Waals surface area contributed by atoms with Gasteiger partial charge in [-0.2, -0.15) is 0 Å². The molecule has 0 aliphatic heterocycles. The molecule has 1 saturated carbocycles. The first-order chi connectivity index (χ1) is 6.51. The molecule has 2 N–H and O–H groups in total. The number of benzene rings is 1. The van der Waals surface area contributed by atoms with Crippen LogP contribution in [0.25, 0.3) is 0 Å². The molecule has 1 atom stereocenters. The van der Waals surface area contributed by atoms with Crippen LogP contribution in [-0.4, -0.2) is 0 Å². The summed E-state index contributed by atoms with van der Waals surface area (Å²) in [5, 5.41) is 0. The molecule has 1 unspecified atom stereocenters. The highest BCUT2D eigenvalue weighted by Crippen LogP contribution is 2.44. The molecule has 0 aromatic heterocycles. The molecule has 1 aromatic rings. The van der Waals surface area contributed by atoms with Gasteiger partial charge in [-0.15, -0.1) is 0 Å². The maximum absolute atomic E-state index is 13.4. The van der Waals surface area contributed by atoms with Crippen molar-refractivity contribution in [2.75, 3.05) is 0 Å². The predicted molar refractivity (Wildman–Crippen MR) is 50.6 cm³/mol. The lowest BCUT2D eigenvalue weighted by Gasteiger charge is -2.25. The molecule has 76 valence electrons. The Balaban J connectivity index is 2.43. The highest BCUT2D eigenvalue weighted by molar-refractivity contribution is 5.28. The van der Waals surface area contributed by atoms with E-state index in [1.54, 1.807) is 6.92 Å². The molecule has 1 fully saturated rings. The van der Waals surface area contributed by atoms with Crippen LogP contribution in [0.15, 0.2) is 18.2 Å². The Hall–Kier alpha value is -0.960. The molecule has 3 heteroatoms. The number of hydrogen-bond donors (Lipinski definition) is 1. The van der Waals surface area contributed by atoms with Crippen LogP contribution >= 0.6 is 0 Å². The van der Waals surface area contributed by atoms with Gasteiger partial charge in [0.05, 0.1) is 0 Å². The summed E-state index contributed by atoms with van der Waals surface area (Å²) in [5.74, 6) is -0.555. The molecule has 0 saturated heterocycles. The summed E-state index contributed by atoms with van der Waals surface area (Å²) in [7, 11) is 0. The predicted octanol–water partition coefficient (Wildman–Crippen LogP) is 2.55. The van der Waals surface area contributed by atoms with E-state index in [0.29, 0.717) is 11.5 Å². The van der Waals surface area contributed by atoms with Crippen LogP contribution < -0.4 is 5.73 Å². The van der Waals surface area contributed by atoms with Crippen molar-refractivity contribution < 1.29 is 8.78 Å². The van der Waals surface area contributed by atoms with E-state index in [0.717, 1.165) is 25.0 Å². The molecule has 0 bridgehead atoms. The lowest BCUT2D eigenvalue weighted by atomic mass is 9.88. The Morgan fingerprint density at radius 2 is 2.00 bits per heavy atom. The van der Waals surface area contributed by atoms with Crippen LogP contribution in [0.2, 0.25) is 0 Å². The number of rotatable bonds is 2. The number of nitrogens with two attached hydrogens (primary N) is 1. The fourth-order valence-corrected chi connectivity index (χ4v) is 1.81. The van der Waals surface area contributed by atoms with Crippen molar-refractivity contribution in [3.05, 3.63) is 35.4 Å².